The van der Waals surface area contributed by atoms with Gasteiger partial charge in [-0.15, -0.1) is 0 Å². The fraction of sp³-hybridized carbons (Fsp3) is 0.500. The minimum atomic E-state index is 0.0392. The highest BCUT2D eigenvalue weighted by atomic mass is 15.3. The molecule has 0 bridgehead atoms. The molecule has 23 heavy (non-hydrogen) atoms. The van der Waals surface area contributed by atoms with E-state index in [-0.39, 0.29) is 6.04 Å². The van der Waals surface area contributed by atoms with E-state index in [1.54, 1.807) is 12.5 Å². The lowest BCUT2D eigenvalue weighted by Gasteiger charge is -2.23. The molecule has 0 aliphatic rings. The zero-order chi connectivity index (χ0) is 16.6. The summed E-state index contributed by atoms with van der Waals surface area (Å²) < 4.78 is 3.64. The molecule has 0 aromatic carbocycles. The molecule has 3 heterocycles. The summed E-state index contributed by atoms with van der Waals surface area (Å²) in [6.45, 7) is 8.61. The molecule has 7 heteroatoms. The third kappa shape index (κ3) is 2.91. The van der Waals surface area contributed by atoms with E-state index in [0.717, 1.165) is 23.0 Å². The van der Waals surface area contributed by atoms with Crippen LogP contribution in [0.15, 0.2) is 24.7 Å². The Hall–Kier alpha value is -2.44. The molecule has 0 saturated carbocycles. The Bertz CT molecular complexity index is 800. The lowest BCUT2D eigenvalue weighted by Crippen LogP contribution is -2.22. The molecule has 0 saturated heterocycles. The van der Waals surface area contributed by atoms with Crippen LogP contribution in [0, 0.1) is 5.92 Å². The van der Waals surface area contributed by atoms with Gasteiger partial charge in [0.1, 0.15) is 18.0 Å². The second kappa shape index (κ2) is 5.98. The number of hydrogen-bond donors (Lipinski definition) is 1. The number of fused-ring (bicyclic) bond motifs is 1. The summed E-state index contributed by atoms with van der Waals surface area (Å²) in [5.41, 5.74) is 1.89. The highest BCUT2D eigenvalue weighted by molar-refractivity contribution is 5.50. The summed E-state index contributed by atoms with van der Waals surface area (Å²) in [6.07, 6.45) is 3.35. The lowest BCUT2D eigenvalue weighted by atomic mass is 10.0. The van der Waals surface area contributed by atoms with Gasteiger partial charge in [-0.3, -0.25) is 4.68 Å². The maximum Gasteiger partial charge on any atom is 0.157 e. The van der Waals surface area contributed by atoms with Crippen LogP contribution < -0.4 is 5.32 Å². The molecule has 0 amide bonds. The molecule has 0 fully saturated rings. The van der Waals surface area contributed by atoms with Crippen LogP contribution in [0.25, 0.3) is 5.65 Å². The molecule has 1 N–H and O–H groups in total. The molecular weight excluding hydrogens is 290 g/mol. The Labute approximate surface area is 135 Å². The first-order valence-corrected chi connectivity index (χ1v) is 7.92. The molecule has 3 rings (SSSR count). The summed E-state index contributed by atoms with van der Waals surface area (Å²) in [7, 11) is 1.91. The maximum atomic E-state index is 4.66. The number of aromatic nitrogens is 6. The second-order valence-electron chi connectivity index (χ2n) is 6.43. The smallest absolute Gasteiger partial charge is 0.157 e. The van der Waals surface area contributed by atoms with Gasteiger partial charge in [0.15, 0.2) is 5.65 Å². The van der Waals surface area contributed by atoms with Gasteiger partial charge < -0.3 is 5.32 Å². The van der Waals surface area contributed by atoms with Gasteiger partial charge in [-0.1, -0.05) is 27.7 Å². The molecule has 3 aromatic heterocycles. The van der Waals surface area contributed by atoms with Crippen LogP contribution in [0.3, 0.4) is 0 Å². The predicted molar refractivity (Wildman–Crippen MR) is 89.3 cm³/mol. The van der Waals surface area contributed by atoms with Crippen LogP contribution in [0.5, 0.6) is 0 Å². The Morgan fingerprint density at radius 3 is 2.52 bits per heavy atom. The van der Waals surface area contributed by atoms with Crippen LogP contribution >= 0.6 is 0 Å². The van der Waals surface area contributed by atoms with Crippen molar-refractivity contribution in [2.45, 2.75) is 39.7 Å². The van der Waals surface area contributed by atoms with Crippen molar-refractivity contribution in [3.63, 3.8) is 0 Å². The number of anilines is 1. The van der Waals surface area contributed by atoms with E-state index < -0.39 is 0 Å². The first kappa shape index (κ1) is 15.5. The summed E-state index contributed by atoms with van der Waals surface area (Å²) in [6, 6.07) is 4.03. The fourth-order valence-electron chi connectivity index (χ4n) is 2.61. The van der Waals surface area contributed by atoms with Crippen molar-refractivity contribution in [2.75, 3.05) is 5.32 Å². The first-order chi connectivity index (χ1) is 11.0. The number of rotatable bonds is 5. The fourth-order valence-corrected chi connectivity index (χ4v) is 2.61. The maximum absolute atomic E-state index is 4.66. The molecule has 0 aliphatic heterocycles. The SMILES string of the molecule is CC(C)c1cc(N[C@@H](c2ncnn2C)C(C)C)n2nccc2n1. The highest BCUT2D eigenvalue weighted by Crippen LogP contribution is 2.26. The molecule has 0 spiro atoms. The zero-order valence-electron chi connectivity index (χ0n) is 14.2. The van der Waals surface area contributed by atoms with E-state index in [4.69, 9.17) is 0 Å². The minimum Gasteiger partial charge on any atom is -0.360 e. The first-order valence-electron chi connectivity index (χ1n) is 7.92. The van der Waals surface area contributed by atoms with Gasteiger partial charge >= 0.3 is 0 Å². The third-order valence-electron chi connectivity index (χ3n) is 3.97. The van der Waals surface area contributed by atoms with Crippen LogP contribution in [-0.2, 0) is 7.05 Å². The van der Waals surface area contributed by atoms with Crippen molar-refractivity contribution < 1.29 is 0 Å². The third-order valence-corrected chi connectivity index (χ3v) is 3.97. The summed E-state index contributed by atoms with van der Waals surface area (Å²) in [5.74, 6) is 2.52. The summed E-state index contributed by atoms with van der Waals surface area (Å²) in [4.78, 5) is 9.06. The van der Waals surface area contributed by atoms with Crippen LogP contribution in [0.4, 0.5) is 5.82 Å². The monoisotopic (exact) mass is 313 g/mol. The van der Waals surface area contributed by atoms with E-state index in [0.29, 0.717) is 11.8 Å². The highest BCUT2D eigenvalue weighted by Gasteiger charge is 2.22. The minimum absolute atomic E-state index is 0.0392. The van der Waals surface area contributed by atoms with Crippen LogP contribution in [0.2, 0.25) is 0 Å². The lowest BCUT2D eigenvalue weighted by molar-refractivity contribution is 0.495. The largest absolute Gasteiger partial charge is 0.360 e. The topological polar surface area (TPSA) is 72.9 Å². The average molecular weight is 313 g/mol. The van der Waals surface area contributed by atoms with Crippen molar-refractivity contribution in [2.24, 2.45) is 13.0 Å². The summed E-state index contributed by atoms with van der Waals surface area (Å²) in [5, 5.41) is 12.2. The second-order valence-corrected chi connectivity index (χ2v) is 6.43. The normalized spacial score (nSPS) is 13.2. The van der Waals surface area contributed by atoms with Crippen molar-refractivity contribution in [1.82, 2.24) is 29.4 Å². The van der Waals surface area contributed by atoms with Crippen molar-refractivity contribution in [3.05, 3.63) is 36.2 Å². The Kier molecular flexibility index (Phi) is 4.02. The van der Waals surface area contributed by atoms with Crippen molar-refractivity contribution in [3.8, 4) is 0 Å². The number of nitrogens with zero attached hydrogens (tertiary/aromatic N) is 6. The number of nitrogens with one attached hydrogen (secondary N) is 1. The number of hydrogen-bond acceptors (Lipinski definition) is 5. The van der Waals surface area contributed by atoms with Gasteiger partial charge in [-0.25, -0.2) is 9.97 Å². The molecule has 0 radical (unpaired) electrons. The van der Waals surface area contributed by atoms with E-state index in [1.807, 2.05) is 22.3 Å². The van der Waals surface area contributed by atoms with Gasteiger partial charge in [0.05, 0.1) is 12.2 Å². The average Bonchev–Trinajstić information content (AvgIpc) is 3.12. The summed E-state index contributed by atoms with van der Waals surface area (Å²) >= 11 is 0. The van der Waals surface area contributed by atoms with E-state index in [2.05, 4.69) is 59.2 Å². The van der Waals surface area contributed by atoms with Crippen molar-refractivity contribution in [1.29, 1.82) is 0 Å². The van der Waals surface area contributed by atoms with Gasteiger partial charge in [-0.2, -0.15) is 14.7 Å². The van der Waals surface area contributed by atoms with Gasteiger partial charge in [0.2, 0.25) is 0 Å². The Morgan fingerprint density at radius 1 is 1.13 bits per heavy atom. The zero-order valence-corrected chi connectivity index (χ0v) is 14.2. The molecule has 1 atom stereocenters. The molecule has 0 aliphatic carbocycles. The predicted octanol–water partition coefficient (Wildman–Crippen LogP) is 2.79. The number of aryl methyl sites for hydroxylation is 1. The van der Waals surface area contributed by atoms with Gasteiger partial charge in [0, 0.05) is 24.9 Å². The van der Waals surface area contributed by atoms with Crippen LogP contribution in [0.1, 0.15) is 51.2 Å². The van der Waals surface area contributed by atoms with Gasteiger partial charge in [-0.05, 0) is 11.8 Å². The van der Waals surface area contributed by atoms with Crippen molar-refractivity contribution >= 4 is 11.5 Å². The quantitative estimate of drug-likeness (QED) is 0.784. The molecule has 3 aromatic rings. The van der Waals surface area contributed by atoms with Gasteiger partial charge in [0.25, 0.3) is 0 Å². The van der Waals surface area contributed by atoms with E-state index >= 15 is 0 Å². The molecule has 0 unspecified atom stereocenters. The van der Waals surface area contributed by atoms with E-state index in [1.165, 1.54) is 0 Å². The molecular formula is C16H23N7. The molecule has 7 nitrogen and oxygen atoms in total. The van der Waals surface area contributed by atoms with E-state index in [9.17, 15) is 0 Å². The van der Waals surface area contributed by atoms with Crippen LogP contribution in [-0.4, -0.2) is 29.4 Å². The standard InChI is InChI=1S/C16H23N7/c1-10(2)12-8-14(23-13(20-12)6-7-18-23)21-15(11(3)4)16-17-9-19-22(16)5/h6-11,15,21H,1-5H3/t15-/m1/s1. The Morgan fingerprint density at radius 2 is 1.91 bits per heavy atom. The molecule has 122 valence electrons. The Balaban J connectivity index is 2.05.